The van der Waals surface area contributed by atoms with E-state index in [0.29, 0.717) is 18.3 Å². The fourth-order valence-electron chi connectivity index (χ4n) is 5.41. The van der Waals surface area contributed by atoms with Crippen molar-refractivity contribution in [1.29, 1.82) is 0 Å². The molecule has 2 aromatic heterocycles. The molecule has 244 valence electrons. The third-order valence-electron chi connectivity index (χ3n) is 7.46. The Balaban J connectivity index is 0.000000639. The van der Waals surface area contributed by atoms with Crippen LogP contribution in [-0.4, -0.2) is 35.0 Å². The minimum Gasteiger partial charge on any atom is -0.481 e. The van der Waals surface area contributed by atoms with Crippen molar-refractivity contribution in [1.82, 2.24) is 4.98 Å². The Labute approximate surface area is 271 Å². The Hall–Kier alpha value is -1.86. The first kappa shape index (κ1) is 39.2. The molecule has 0 N–H and O–H groups in total. The van der Waals surface area contributed by atoms with Gasteiger partial charge in [0.15, 0.2) is 0 Å². The summed E-state index contributed by atoms with van der Waals surface area (Å²) >= 11 is 3.18. The molecule has 0 aliphatic carbocycles. The first-order chi connectivity index (χ1) is 20.2. The number of methoxy groups -OCH3 is 1. The van der Waals surface area contributed by atoms with Gasteiger partial charge in [-0.2, -0.15) is 0 Å². The molecule has 2 aromatic rings. The maximum absolute atomic E-state index is 12.7. The summed E-state index contributed by atoms with van der Waals surface area (Å²) in [6, 6.07) is 2.08. The van der Waals surface area contributed by atoms with Gasteiger partial charge < -0.3 is 9.47 Å². The minimum atomic E-state index is -0.416. The van der Waals surface area contributed by atoms with Crippen LogP contribution in [0, 0.1) is 32.6 Å². The number of aromatic nitrogens is 1. The number of pyridine rings is 1. The van der Waals surface area contributed by atoms with Crippen LogP contribution in [0.15, 0.2) is 6.07 Å². The van der Waals surface area contributed by atoms with Crippen molar-refractivity contribution >= 4 is 34.2 Å². The first-order valence-electron chi connectivity index (χ1n) is 16.1. The lowest BCUT2D eigenvalue weighted by atomic mass is 9.91. The van der Waals surface area contributed by atoms with Gasteiger partial charge in [-0.1, -0.05) is 58.7 Å². The van der Waals surface area contributed by atoms with E-state index in [1.165, 1.54) is 44.6 Å². The molecule has 0 bridgehead atoms. The topological polar surface area (TPSA) is 65.5 Å². The molecule has 43 heavy (non-hydrogen) atoms. The summed E-state index contributed by atoms with van der Waals surface area (Å²) in [5.41, 5.74) is 5.24. The summed E-state index contributed by atoms with van der Waals surface area (Å²) in [6.45, 7) is 20.8. The molecule has 2 heterocycles. The van der Waals surface area contributed by atoms with Crippen LogP contribution in [0.25, 0.3) is 0 Å². The molecule has 1 atom stereocenters. The zero-order valence-electron chi connectivity index (χ0n) is 29.2. The van der Waals surface area contributed by atoms with Gasteiger partial charge in [-0.15, -0.1) is 11.3 Å². The number of rotatable bonds is 15. The van der Waals surface area contributed by atoms with Gasteiger partial charge in [0.2, 0.25) is 11.0 Å². The average Bonchev–Trinajstić information content (AvgIpc) is 3.21. The van der Waals surface area contributed by atoms with Crippen molar-refractivity contribution in [2.24, 2.45) is 11.8 Å². The number of thiophene rings is 1. The molecule has 0 radical (unpaired) electrons. The van der Waals surface area contributed by atoms with Crippen molar-refractivity contribution in [3.63, 3.8) is 0 Å². The summed E-state index contributed by atoms with van der Waals surface area (Å²) in [6.07, 6.45) is 11.9. The van der Waals surface area contributed by atoms with Crippen LogP contribution < -0.4 is 4.74 Å². The highest BCUT2D eigenvalue weighted by Crippen LogP contribution is 2.35. The van der Waals surface area contributed by atoms with E-state index in [4.69, 9.17) is 9.47 Å². The van der Waals surface area contributed by atoms with E-state index in [0.717, 1.165) is 68.5 Å². The van der Waals surface area contributed by atoms with Crippen LogP contribution in [0.1, 0.15) is 136 Å². The van der Waals surface area contributed by atoms with Gasteiger partial charge in [-0.05, 0) is 115 Å². The summed E-state index contributed by atoms with van der Waals surface area (Å²) in [7, 11) is 1.67. The van der Waals surface area contributed by atoms with Crippen LogP contribution in [-0.2, 0) is 28.8 Å². The van der Waals surface area contributed by atoms with Gasteiger partial charge in [-0.25, -0.2) is 4.98 Å². The van der Waals surface area contributed by atoms with E-state index in [-0.39, 0.29) is 11.1 Å². The van der Waals surface area contributed by atoms with Crippen molar-refractivity contribution in [3.05, 3.63) is 43.8 Å². The van der Waals surface area contributed by atoms with Gasteiger partial charge in [0, 0.05) is 33.0 Å². The maximum Gasteiger partial charge on any atom is 0.306 e. The Morgan fingerprint density at radius 1 is 1.02 bits per heavy atom. The molecule has 0 aliphatic heterocycles. The number of nitrogens with zero attached hydrogens (tertiary/aromatic N) is 1. The highest BCUT2D eigenvalue weighted by Gasteiger charge is 2.23. The van der Waals surface area contributed by atoms with Crippen LogP contribution in [0.3, 0.4) is 0 Å². The SMILES string of the molecule is CCCC(CCCC(=O)OC(C)(C)C)Cc1sc(CCCC(C)C)c(C(=O)SC)c1C.CCc1c(C)cc(C)nc1OC. The number of ether oxygens (including phenoxy) is 2. The van der Waals surface area contributed by atoms with Gasteiger partial charge in [0.25, 0.3) is 0 Å². The third kappa shape index (κ3) is 14.2. The smallest absolute Gasteiger partial charge is 0.306 e. The van der Waals surface area contributed by atoms with E-state index < -0.39 is 5.60 Å². The molecular weight excluding hydrogens is 575 g/mol. The van der Waals surface area contributed by atoms with E-state index >= 15 is 0 Å². The predicted octanol–water partition coefficient (Wildman–Crippen LogP) is 10.3. The summed E-state index contributed by atoms with van der Waals surface area (Å²) < 4.78 is 10.6. The van der Waals surface area contributed by atoms with E-state index in [1.807, 2.05) is 45.3 Å². The standard InChI is InChI=1S/C26H44O3S2.C10H15NO/c1-9-12-20(14-11-16-23(27)29-26(5,6)7)17-22-19(4)24(25(28)30-8)21(31-22)15-10-13-18(2)3;1-5-9-7(2)6-8(3)11-10(9)12-4/h18,20H,9-17H2,1-8H3;6H,5H2,1-4H3. The zero-order chi connectivity index (χ0) is 32.7. The predicted molar refractivity (Wildman–Crippen MR) is 186 cm³/mol. The number of thioether (sulfide) groups is 1. The number of esters is 1. The van der Waals surface area contributed by atoms with Crippen LogP contribution >= 0.6 is 23.1 Å². The fraction of sp³-hybridized carbons (Fsp3) is 0.694. The second kappa shape index (κ2) is 19.5. The number of carbonyl (C=O) groups excluding carboxylic acids is 2. The van der Waals surface area contributed by atoms with Gasteiger partial charge in [0.1, 0.15) is 5.60 Å². The molecule has 0 saturated heterocycles. The van der Waals surface area contributed by atoms with E-state index in [9.17, 15) is 9.59 Å². The van der Waals surface area contributed by atoms with Crippen LogP contribution in [0.2, 0.25) is 0 Å². The molecule has 0 fully saturated rings. The lowest BCUT2D eigenvalue weighted by Crippen LogP contribution is -2.23. The number of hydrogen-bond acceptors (Lipinski definition) is 7. The lowest BCUT2D eigenvalue weighted by molar-refractivity contribution is -0.154. The molecule has 0 spiro atoms. The second-order valence-electron chi connectivity index (χ2n) is 13.0. The second-order valence-corrected chi connectivity index (χ2v) is 15.0. The number of aryl methyl sites for hydroxylation is 3. The molecule has 5 nitrogen and oxygen atoms in total. The quantitative estimate of drug-likeness (QED) is 0.182. The zero-order valence-corrected chi connectivity index (χ0v) is 30.8. The fourth-order valence-corrected chi connectivity index (χ4v) is 7.42. The number of carbonyl (C=O) groups is 2. The normalized spacial score (nSPS) is 12.1. The lowest BCUT2D eigenvalue weighted by Gasteiger charge is -2.20. The van der Waals surface area contributed by atoms with Crippen molar-refractivity contribution < 1.29 is 19.1 Å². The molecule has 2 rings (SSSR count). The Morgan fingerprint density at radius 2 is 1.70 bits per heavy atom. The largest absolute Gasteiger partial charge is 0.481 e. The van der Waals surface area contributed by atoms with Crippen molar-refractivity contribution in [2.75, 3.05) is 13.4 Å². The van der Waals surface area contributed by atoms with Crippen LogP contribution in [0.4, 0.5) is 0 Å². The Kier molecular flexibility index (Phi) is 17.8. The summed E-state index contributed by atoms with van der Waals surface area (Å²) in [5.74, 6) is 1.91. The molecule has 0 aromatic carbocycles. The summed E-state index contributed by atoms with van der Waals surface area (Å²) in [4.78, 5) is 31.7. The Bertz CT molecular complexity index is 1150. The van der Waals surface area contributed by atoms with Gasteiger partial charge in [0.05, 0.1) is 7.11 Å². The average molecular weight is 634 g/mol. The van der Waals surface area contributed by atoms with Crippen LogP contribution in [0.5, 0.6) is 5.88 Å². The molecule has 1 unspecified atom stereocenters. The minimum absolute atomic E-state index is 0.102. The number of hydrogen-bond donors (Lipinski definition) is 0. The van der Waals surface area contributed by atoms with Gasteiger partial charge >= 0.3 is 5.97 Å². The molecular formula is C36H59NO4S2. The molecule has 0 aliphatic rings. The Morgan fingerprint density at radius 3 is 2.23 bits per heavy atom. The maximum atomic E-state index is 12.7. The van der Waals surface area contributed by atoms with E-state index in [2.05, 4.69) is 52.6 Å². The highest BCUT2D eigenvalue weighted by molar-refractivity contribution is 8.13. The van der Waals surface area contributed by atoms with Crippen molar-refractivity contribution in [3.8, 4) is 5.88 Å². The molecule has 0 amide bonds. The van der Waals surface area contributed by atoms with Crippen molar-refractivity contribution in [2.45, 2.75) is 139 Å². The van der Waals surface area contributed by atoms with Gasteiger partial charge in [-0.3, -0.25) is 9.59 Å². The monoisotopic (exact) mass is 633 g/mol. The van der Waals surface area contributed by atoms with E-state index in [1.54, 1.807) is 7.11 Å². The molecule has 7 heteroatoms. The molecule has 0 saturated carbocycles. The summed E-state index contributed by atoms with van der Waals surface area (Å²) in [5, 5.41) is 0.205. The first-order valence-corrected chi connectivity index (χ1v) is 18.1. The third-order valence-corrected chi connectivity index (χ3v) is 9.41. The highest BCUT2D eigenvalue weighted by atomic mass is 32.2.